The summed E-state index contributed by atoms with van der Waals surface area (Å²) >= 11 is 2.27. The second-order valence-corrected chi connectivity index (χ2v) is 6.49. The number of nitrogens with one attached hydrogen (secondary N) is 1. The predicted molar refractivity (Wildman–Crippen MR) is 93.4 cm³/mol. The molecule has 0 saturated heterocycles. The molecule has 3 N–H and O–H groups in total. The maximum Gasteiger partial charge on any atom is 0.251 e. The van der Waals surface area contributed by atoms with Crippen LogP contribution in [0, 0.1) is 16.4 Å². The Kier molecular flexibility index (Phi) is 7.26. The van der Waals surface area contributed by atoms with E-state index in [1.165, 1.54) is 18.4 Å². The van der Waals surface area contributed by atoms with Gasteiger partial charge in [-0.25, -0.2) is 0 Å². The smallest absolute Gasteiger partial charge is 0.251 e. The highest BCUT2D eigenvalue weighted by molar-refractivity contribution is 14.1. The molecule has 3 nitrogen and oxygen atoms in total. The standard InChI is InChI=1S/C15H21IN2O.ClH/c1-10-6-7-11(8-13(10)16)15(19)18-14-5-3-2-4-12(14)9-17;/h6-8,12,14H,2-5,9,17H2,1H3,(H,18,19);1H. The number of rotatable bonds is 3. The van der Waals surface area contributed by atoms with Crippen LogP contribution in [-0.2, 0) is 0 Å². The molecule has 112 valence electrons. The van der Waals surface area contributed by atoms with Gasteiger partial charge in [0.05, 0.1) is 0 Å². The lowest BCUT2D eigenvalue weighted by Crippen LogP contribution is -2.44. The van der Waals surface area contributed by atoms with Gasteiger partial charge in [-0.15, -0.1) is 12.4 Å². The van der Waals surface area contributed by atoms with Crippen molar-refractivity contribution in [3.8, 4) is 0 Å². The number of carbonyl (C=O) groups is 1. The van der Waals surface area contributed by atoms with Crippen LogP contribution in [0.15, 0.2) is 18.2 Å². The molecule has 1 aliphatic carbocycles. The van der Waals surface area contributed by atoms with Crippen LogP contribution >= 0.6 is 35.0 Å². The van der Waals surface area contributed by atoms with Gasteiger partial charge in [-0.2, -0.15) is 0 Å². The molecule has 0 aromatic heterocycles. The topological polar surface area (TPSA) is 55.1 Å². The summed E-state index contributed by atoms with van der Waals surface area (Å²) in [5.74, 6) is 0.463. The molecule has 2 unspecified atom stereocenters. The van der Waals surface area contributed by atoms with Crippen molar-refractivity contribution in [2.75, 3.05) is 6.54 Å². The molecular weight excluding hydrogens is 387 g/mol. The normalized spacial score (nSPS) is 21.9. The number of hydrogen-bond donors (Lipinski definition) is 2. The summed E-state index contributed by atoms with van der Waals surface area (Å²) in [6, 6.07) is 6.08. The summed E-state index contributed by atoms with van der Waals surface area (Å²) in [5.41, 5.74) is 7.75. The lowest BCUT2D eigenvalue weighted by atomic mass is 9.84. The molecule has 2 rings (SSSR count). The minimum atomic E-state index is 0. The van der Waals surface area contributed by atoms with Gasteiger partial charge in [-0.05, 0) is 72.5 Å². The zero-order valence-corrected chi connectivity index (χ0v) is 14.7. The van der Waals surface area contributed by atoms with E-state index < -0.39 is 0 Å². The summed E-state index contributed by atoms with van der Waals surface area (Å²) in [5, 5.41) is 3.16. The van der Waals surface area contributed by atoms with E-state index in [0.29, 0.717) is 12.5 Å². The Morgan fingerprint density at radius 1 is 1.40 bits per heavy atom. The van der Waals surface area contributed by atoms with Crippen LogP contribution in [0.4, 0.5) is 0 Å². The molecule has 1 aliphatic rings. The van der Waals surface area contributed by atoms with E-state index in [-0.39, 0.29) is 24.4 Å². The van der Waals surface area contributed by atoms with Crippen LogP contribution < -0.4 is 11.1 Å². The van der Waals surface area contributed by atoms with E-state index in [4.69, 9.17) is 5.73 Å². The van der Waals surface area contributed by atoms with Crippen molar-refractivity contribution in [2.45, 2.75) is 38.6 Å². The van der Waals surface area contributed by atoms with Gasteiger partial charge in [0, 0.05) is 15.2 Å². The number of nitrogens with two attached hydrogens (primary N) is 1. The summed E-state index contributed by atoms with van der Waals surface area (Å²) in [6.45, 7) is 2.71. The molecule has 1 aromatic rings. The lowest BCUT2D eigenvalue weighted by Gasteiger charge is -2.31. The first kappa shape index (κ1) is 17.7. The molecule has 1 aromatic carbocycles. The number of carbonyl (C=O) groups excluding carboxylic acids is 1. The average Bonchev–Trinajstić information content (AvgIpc) is 2.42. The van der Waals surface area contributed by atoms with Crippen LogP contribution in [-0.4, -0.2) is 18.5 Å². The summed E-state index contributed by atoms with van der Waals surface area (Å²) in [7, 11) is 0. The third-order valence-corrected chi connectivity index (χ3v) is 5.12. The molecule has 2 atom stereocenters. The molecule has 0 radical (unpaired) electrons. The van der Waals surface area contributed by atoms with Gasteiger partial charge < -0.3 is 11.1 Å². The Labute approximate surface area is 140 Å². The van der Waals surface area contributed by atoms with Gasteiger partial charge in [0.15, 0.2) is 0 Å². The Bertz CT molecular complexity index is 467. The summed E-state index contributed by atoms with van der Waals surface area (Å²) in [4.78, 5) is 12.3. The first-order valence-electron chi connectivity index (χ1n) is 6.89. The van der Waals surface area contributed by atoms with Crippen LogP contribution in [0.2, 0.25) is 0 Å². The highest BCUT2D eigenvalue weighted by Crippen LogP contribution is 2.24. The van der Waals surface area contributed by atoms with E-state index in [1.807, 2.05) is 18.2 Å². The average molecular weight is 409 g/mol. The predicted octanol–water partition coefficient (Wildman–Crippen LogP) is 3.27. The Morgan fingerprint density at radius 3 is 2.75 bits per heavy atom. The molecule has 1 fully saturated rings. The van der Waals surface area contributed by atoms with E-state index >= 15 is 0 Å². The quantitative estimate of drug-likeness (QED) is 0.754. The number of halogens is 2. The van der Waals surface area contributed by atoms with Gasteiger partial charge in [0.2, 0.25) is 0 Å². The van der Waals surface area contributed by atoms with Gasteiger partial charge in [0.25, 0.3) is 5.91 Å². The largest absolute Gasteiger partial charge is 0.349 e. The highest BCUT2D eigenvalue weighted by Gasteiger charge is 2.25. The van der Waals surface area contributed by atoms with Gasteiger partial charge in [-0.3, -0.25) is 4.79 Å². The van der Waals surface area contributed by atoms with Crippen molar-refractivity contribution in [2.24, 2.45) is 11.7 Å². The Balaban J connectivity index is 0.00000200. The first-order valence-corrected chi connectivity index (χ1v) is 7.96. The molecule has 1 amide bonds. The first-order chi connectivity index (χ1) is 9.11. The zero-order valence-electron chi connectivity index (χ0n) is 11.7. The zero-order chi connectivity index (χ0) is 13.8. The second kappa shape index (κ2) is 8.20. The number of aryl methyl sites for hydroxylation is 1. The third-order valence-electron chi connectivity index (χ3n) is 3.96. The molecular formula is C15H22ClIN2O. The maximum absolute atomic E-state index is 12.3. The highest BCUT2D eigenvalue weighted by atomic mass is 127. The van der Waals surface area contributed by atoms with Crippen molar-refractivity contribution in [3.05, 3.63) is 32.9 Å². The van der Waals surface area contributed by atoms with Crippen molar-refractivity contribution < 1.29 is 4.79 Å². The van der Waals surface area contributed by atoms with Gasteiger partial charge in [-0.1, -0.05) is 18.9 Å². The molecule has 20 heavy (non-hydrogen) atoms. The van der Waals surface area contributed by atoms with Crippen LogP contribution in [0.1, 0.15) is 41.6 Å². The van der Waals surface area contributed by atoms with Crippen molar-refractivity contribution in [1.29, 1.82) is 0 Å². The van der Waals surface area contributed by atoms with Gasteiger partial charge in [0.1, 0.15) is 0 Å². The van der Waals surface area contributed by atoms with Crippen LogP contribution in [0.5, 0.6) is 0 Å². The van der Waals surface area contributed by atoms with E-state index in [2.05, 4.69) is 34.8 Å². The molecule has 0 spiro atoms. The lowest BCUT2D eigenvalue weighted by molar-refractivity contribution is 0.0908. The SMILES string of the molecule is Cc1ccc(C(=O)NC2CCCCC2CN)cc1I.Cl. The minimum absolute atomic E-state index is 0. The van der Waals surface area contributed by atoms with Crippen LogP contribution in [0.25, 0.3) is 0 Å². The monoisotopic (exact) mass is 408 g/mol. The summed E-state index contributed by atoms with van der Waals surface area (Å²) in [6.07, 6.45) is 4.60. The molecule has 0 aliphatic heterocycles. The fourth-order valence-electron chi connectivity index (χ4n) is 2.67. The Hall–Kier alpha value is -0.330. The maximum atomic E-state index is 12.3. The number of amides is 1. The summed E-state index contributed by atoms with van der Waals surface area (Å²) < 4.78 is 1.13. The second-order valence-electron chi connectivity index (χ2n) is 5.32. The Morgan fingerprint density at radius 2 is 2.10 bits per heavy atom. The van der Waals surface area contributed by atoms with E-state index in [1.54, 1.807) is 0 Å². The minimum Gasteiger partial charge on any atom is -0.349 e. The van der Waals surface area contributed by atoms with Crippen molar-refractivity contribution >= 4 is 40.9 Å². The molecule has 5 heteroatoms. The molecule has 1 saturated carbocycles. The fraction of sp³-hybridized carbons (Fsp3) is 0.533. The van der Waals surface area contributed by atoms with Crippen molar-refractivity contribution in [3.63, 3.8) is 0 Å². The van der Waals surface area contributed by atoms with Gasteiger partial charge >= 0.3 is 0 Å². The number of hydrogen-bond acceptors (Lipinski definition) is 2. The van der Waals surface area contributed by atoms with Crippen molar-refractivity contribution in [1.82, 2.24) is 5.32 Å². The van der Waals surface area contributed by atoms with E-state index in [9.17, 15) is 4.79 Å². The third kappa shape index (κ3) is 4.33. The number of benzene rings is 1. The van der Waals surface area contributed by atoms with Crippen LogP contribution in [0.3, 0.4) is 0 Å². The molecule has 0 heterocycles. The van der Waals surface area contributed by atoms with E-state index in [0.717, 1.165) is 22.0 Å². The fourth-order valence-corrected chi connectivity index (χ4v) is 3.18. The molecule has 0 bridgehead atoms.